The van der Waals surface area contributed by atoms with Crippen molar-refractivity contribution in [3.63, 3.8) is 0 Å². The number of halogens is 2. The largest absolute Gasteiger partial charge is 0.324 e. The highest BCUT2D eigenvalue weighted by Crippen LogP contribution is 2.29. The smallest absolute Gasteiger partial charge is 0.263 e. The summed E-state index contributed by atoms with van der Waals surface area (Å²) >= 11 is 0. The van der Waals surface area contributed by atoms with Crippen LogP contribution in [0.25, 0.3) is 0 Å². The van der Waals surface area contributed by atoms with Crippen LogP contribution in [0.5, 0.6) is 0 Å². The highest BCUT2D eigenvalue weighted by atomic mass is 19.3. The van der Waals surface area contributed by atoms with E-state index in [4.69, 9.17) is 10.1 Å². The van der Waals surface area contributed by atoms with E-state index in [0.29, 0.717) is 6.29 Å². The molecule has 4 nitrogen and oxygen atoms in total. The molecule has 1 unspecified atom stereocenters. The van der Waals surface area contributed by atoms with E-state index in [1.54, 1.807) is 0 Å². The van der Waals surface area contributed by atoms with Crippen molar-refractivity contribution in [2.75, 3.05) is 20.1 Å². The number of hydrogen-bond acceptors (Lipinski definition) is 4. The molecule has 0 aliphatic carbocycles. The lowest BCUT2D eigenvalue weighted by Gasteiger charge is -2.09. The predicted octanol–water partition coefficient (Wildman–Crippen LogP) is -0.00662. The maximum atomic E-state index is 12.4. The van der Waals surface area contributed by atoms with Crippen molar-refractivity contribution >= 4 is 6.29 Å². The Morgan fingerprint density at radius 1 is 1.79 bits per heavy atom. The van der Waals surface area contributed by atoms with Gasteiger partial charge in [-0.05, 0) is 7.05 Å². The Morgan fingerprint density at radius 3 is 2.43 bits per heavy atom. The molecular formula is C8H13F2N3O. The molecule has 0 spiro atoms. The maximum absolute atomic E-state index is 12.4. The van der Waals surface area contributed by atoms with Crippen molar-refractivity contribution in [1.29, 1.82) is 5.26 Å². The first-order chi connectivity index (χ1) is 6.46. The van der Waals surface area contributed by atoms with Gasteiger partial charge in [0.05, 0.1) is 12.6 Å². The molecule has 0 radical (unpaired) electrons. The summed E-state index contributed by atoms with van der Waals surface area (Å²) in [4.78, 5) is 10.4. The Hall–Kier alpha value is -1.06. The average molecular weight is 205 g/mol. The van der Waals surface area contributed by atoms with Crippen LogP contribution in [0.1, 0.15) is 6.42 Å². The first-order valence-electron chi connectivity index (χ1n) is 4.08. The number of nitrogens with two attached hydrogens (primary N) is 1. The van der Waals surface area contributed by atoms with Crippen LogP contribution >= 0.6 is 0 Å². The van der Waals surface area contributed by atoms with Crippen LogP contribution in [-0.4, -0.2) is 43.3 Å². The molecule has 1 atom stereocenters. The van der Waals surface area contributed by atoms with E-state index in [2.05, 4.69) is 5.73 Å². The zero-order chi connectivity index (χ0) is 11.2. The van der Waals surface area contributed by atoms with Gasteiger partial charge in [0.25, 0.3) is 5.92 Å². The van der Waals surface area contributed by atoms with Crippen LogP contribution in [-0.2, 0) is 4.79 Å². The summed E-state index contributed by atoms with van der Waals surface area (Å²) in [5.74, 6) is -2.66. The van der Waals surface area contributed by atoms with E-state index in [1.807, 2.05) is 6.07 Å². The van der Waals surface area contributed by atoms with E-state index in [9.17, 15) is 8.78 Å². The van der Waals surface area contributed by atoms with E-state index in [-0.39, 0.29) is 19.5 Å². The van der Waals surface area contributed by atoms with Crippen LogP contribution in [0.2, 0.25) is 0 Å². The zero-order valence-electron chi connectivity index (χ0n) is 7.91. The number of rotatable bonds is 1. The molecule has 1 aliphatic rings. The number of carbonyl (C=O) groups excluding carboxylic acids is 1. The van der Waals surface area contributed by atoms with Crippen molar-refractivity contribution in [3.05, 3.63) is 0 Å². The van der Waals surface area contributed by atoms with Crippen molar-refractivity contribution < 1.29 is 13.6 Å². The van der Waals surface area contributed by atoms with Crippen molar-refractivity contribution in [3.8, 4) is 6.07 Å². The molecule has 0 bridgehead atoms. The molecule has 0 saturated carbocycles. The van der Waals surface area contributed by atoms with Crippen molar-refractivity contribution in [1.82, 2.24) is 4.90 Å². The Morgan fingerprint density at radius 2 is 2.29 bits per heavy atom. The second kappa shape index (κ2) is 5.62. The van der Waals surface area contributed by atoms with Crippen LogP contribution in [0.15, 0.2) is 0 Å². The van der Waals surface area contributed by atoms with E-state index < -0.39 is 12.0 Å². The van der Waals surface area contributed by atoms with Crippen molar-refractivity contribution in [2.24, 2.45) is 5.73 Å². The minimum absolute atomic E-state index is 0.139. The Labute approximate surface area is 81.3 Å². The number of aldehydes is 1. The highest BCUT2D eigenvalue weighted by molar-refractivity contribution is 5.51. The fourth-order valence-corrected chi connectivity index (χ4v) is 1.12. The van der Waals surface area contributed by atoms with Gasteiger partial charge in [-0.15, -0.1) is 0 Å². The van der Waals surface area contributed by atoms with Gasteiger partial charge in [0, 0.05) is 13.0 Å². The summed E-state index contributed by atoms with van der Waals surface area (Å²) in [6.45, 7) is -0.148. The Bertz CT molecular complexity index is 227. The third-order valence-electron chi connectivity index (χ3n) is 1.75. The third-order valence-corrected chi connectivity index (χ3v) is 1.75. The molecule has 0 aromatic carbocycles. The monoisotopic (exact) mass is 205 g/mol. The van der Waals surface area contributed by atoms with E-state index in [0.717, 1.165) is 0 Å². The van der Waals surface area contributed by atoms with E-state index >= 15 is 0 Å². The lowest BCUT2D eigenvalue weighted by molar-refractivity contribution is -0.106. The van der Waals surface area contributed by atoms with Gasteiger partial charge in [-0.3, -0.25) is 4.90 Å². The van der Waals surface area contributed by atoms with Crippen LogP contribution in [0, 0.1) is 11.3 Å². The first-order valence-corrected chi connectivity index (χ1v) is 4.08. The van der Waals surface area contributed by atoms with Gasteiger partial charge in [-0.2, -0.15) is 5.26 Å². The summed E-state index contributed by atoms with van der Waals surface area (Å²) in [6, 6.07) is 1.21. The number of nitrogens with zero attached hydrogens (tertiary/aromatic N) is 2. The fourth-order valence-electron chi connectivity index (χ4n) is 1.12. The summed E-state index contributed by atoms with van der Waals surface area (Å²) in [5, 5.41) is 8.34. The second-order valence-corrected chi connectivity index (χ2v) is 3.02. The fraction of sp³-hybridized carbons (Fsp3) is 0.750. The van der Waals surface area contributed by atoms with Gasteiger partial charge in [-0.1, -0.05) is 0 Å². The zero-order valence-corrected chi connectivity index (χ0v) is 7.91. The standard InChI is InChI=1S/C6H8F2N2.C2H5NO/c1-10-4-6(7,8)2-5(10)3-9;3-1-2-4/h5H,2,4H2,1H3;2H,1,3H2. The number of nitriles is 1. The topological polar surface area (TPSA) is 70.1 Å². The second-order valence-electron chi connectivity index (χ2n) is 3.02. The number of carbonyl (C=O) groups is 1. The summed E-state index contributed by atoms with van der Waals surface area (Å²) in [6.07, 6.45) is 0.333. The van der Waals surface area contributed by atoms with Crippen molar-refractivity contribution in [2.45, 2.75) is 18.4 Å². The predicted molar refractivity (Wildman–Crippen MR) is 46.7 cm³/mol. The van der Waals surface area contributed by atoms with Crippen LogP contribution in [0.4, 0.5) is 8.78 Å². The number of likely N-dealkylation sites (tertiary alicyclic amines) is 1. The van der Waals surface area contributed by atoms with Gasteiger partial charge in [0.15, 0.2) is 0 Å². The maximum Gasteiger partial charge on any atom is 0.263 e. The minimum Gasteiger partial charge on any atom is -0.324 e. The van der Waals surface area contributed by atoms with Gasteiger partial charge in [0.1, 0.15) is 12.3 Å². The molecule has 0 aromatic heterocycles. The average Bonchev–Trinajstić information content (AvgIpc) is 2.39. The Balaban J connectivity index is 0.000000364. The molecule has 1 aliphatic heterocycles. The van der Waals surface area contributed by atoms with Crippen LogP contribution < -0.4 is 5.73 Å². The molecule has 2 N–H and O–H groups in total. The first kappa shape index (κ1) is 12.9. The molecule has 1 fully saturated rings. The Kier molecular flexibility index (Phi) is 5.20. The van der Waals surface area contributed by atoms with E-state index in [1.165, 1.54) is 11.9 Å². The third kappa shape index (κ3) is 4.25. The number of hydrogen-bond donors (Lipinski definition) is 1. The molecule has 0 aromatic rings. The van der Waals surface area contributed by atoms with Gasteiger partial charge in [-0.25, -0.2) is 8.78 Å². The molecule has 6 heteroatoms. The SMILES string of the molecule is CN1CC(F)(F)CC1C#N.NCC=O. The number of alkyl halides is 2. The normalized spacial score (nSPS) is 24.6. The molecule has 1 saturated heterocycles. The summed E-state index contributed by atoms with van der Waals surface area (Å²) < 4.78 is 24.9. The van der Waals surface area contributed by atoms with Gasteiger partial charge >= 0.3 is 0 Å². The summed E-state index contributed by atoms with van der Waals surface area (Å²) in [7, 11) is 1.54. The highest BCUT2D eigenvalue weighted by Gasteiger charge is 2.43. The quantitative estimate of drug-likeness (QED) is 0.611. The molecule has 1 rings (SSSR count). The molecule has 0 amide bonds. The molecular weight excluding hydrogens is 192 g/mol. The summed E-state index contributed by atoms with van der Waals surface area (Å²) in [5.41, 5.74) is 4.66. The van der Waals surface area contributed by atoms with Gasteiger partial charge in [0.2, 0.25) is 0 Å². The lowest BCUT2D eigenvalue weighted by atomic mass is 10.2. The molecule has 80 valence electrons. The molecule has 1 heterocycles. The van der Waals surface area contributed by atoms with Crippen LogP contribution in [0.3, 0.4) is 0 Å². The molecule has 14 heavy (non-hydrogen) atoms. The van der Waals surface area contributed by atoms with Gasteiger partial charge < -0.3 is 10.5 Å². The lowest BCUT2D eigenvalue weighted by Crippen LogP contribution is -2.24. The minimum atomic E-state index is -2.66.